The van der Waals surface area contributed by atoms with Gasteiger partial charge in [0.25, 0.3) is 5.91 Å². The van der Waals surface area contributed by atoms with E-state index in [1.165, 1.54) is 0 Å². The van der Waals surface area contributed by atoms with Crippen LogP contribution >= 0.6 is 12.2 Å². The minimum Gasteiger partial charge on any atom is -0.389 e. The van der Waals surface area contributed by atoms with Crippen LogP contribution in [0.25, 0.3) is 0 Å². The zero-order valence-corrected chi connectivity index (χ0v) is 12.2. The van der Waals surface area contributed by atoms with Crippen LogP contribution in [0, 0.1) is 11.8 Å². The smallest absolute Gasteiger partial charge is 0.253 e. The first-order valence-corrected chi connectivity index (χ1v) is 7.09. The number of rotatable bonds is 3. The molecule has 0 saturated carbocycles. The van der Waals surface area contributed by atoms with Crippen LogP contribution < -0.4 is 5.73 Å². The maximum absolute atomic E-state index is 12.4. The van der Waals surface area contributed by atoms with E-state index >= 15 is 0 Å². The number of benzene rings is 1. The minimum atomic E-state index is 0.109. The van der Waals surface area contributed by atoms with Crippen LogP contribution in [0.3, 0.4) is 0 Å². The third-order valence-corrected chi connectivity index (χ3v) is 4.11. The highest BCUT2D eigenvalue weighted by molar-refractivity contribution is 7.80. The molecule has 2 N–H and O–H groups in total. The van der Waals surface area contributed by atoms with E-state index in [0.29, 0.717) is 22.4 Å². The highest BCUT2D eigenvalue weighted by atomic mass is 32.1. The minimum absolute atomic E-state index is 0.109. The molecule has 1 heterocycles. The van der Waals surface area contributed by atoms with Crippen molar-refractivity contribution in [1.29, 1.82) is 0 Å². The van der Waals surface area contributed by atoms with Crippen LogP contribution in [-0.2, 0) is 0 Å². The van der Waals surface area contributed by atoms with Gasteiger partial charge in [-0.2, -0.15) is 0 Å². The number of carbonyl (C=O) groups is 1. The number of hydrogen-bond donors (Lipinski definition) is 1. The first kappa shape index (κ1) is 14.0. The van der Waals surface area contributed by atoms with E-state index in [0.717, 1.165) is 25.1 Å². The number of likely N-dealkylation sites (tertiary alicyclic amines) is 1. The number of carbonyl (C=O) groups excluding carboxylic acids is 1. The van der Waals surface area contributed by atoms with E-state index in [9.17, 15) is 4.79 Å². The fourth-order valence-electron chi connectivity index (χ4n) is 2.48. The Morgan fingerprint density at radius 3 is 2.37 bits per heavy atom. The van der Waals surface area contributed by atoms with Gasteiger partial charge in [-0.25, -0.2) is 0 Å². The quantitative estimate of drug-likeness (QED) is 0.863. The number of nitrogens with zero attached hydrogens (tertiary/aromatic N) is 1. The Labute approximate surface area is 119 Å². The summed E-state index contributed by atoms with van der Waals surface area (Å²) in [6, 6.07) is 7.23. The van der Waals surface area contributed by atoms with Crippen LogP contribution in [0.15, 0.2) is 24.3 Å². The fourth-order valence-corrected chi connectivity index (χ4v) is 2.61. The van der Waals surface area contributed by atoms with Crippen molar-refractivity contribution in [2.45, 2.75) is 20.3 Å². The second-order valence-corrected chi connectivity index (χ2v) is 5.93. The molecule has 0 spiro atoms. The van der Waals surface area contributed by atoms with E-state index in [-0.39, 0.29) is 5.91 Å². The average molecular weight is 276 g/mol. The molecule has 1 aromatic rings. The molecule has 0 radical (unpaired) electrons. The number of thiocarbonyl (C=S) groups is 1. The highest BCUT2D eigenvalue weighted by Gasteiger charge is 2.28. The normalized spacial score (nSPS) is 18.9. The standard InChI is InChI=1S/C15H20N2OS/c1-10(2)13-7-8-17(9-13)15(18)12-5-3-11(4-6-12)14(16)19/h3-6,10,13H,7-9H2,1-2H3,(H2,16,19). The van der Waals surface area contributed by atoms with Crippen LogP contribution in [0.2, 0.25) is 0 Å². The van der Waals surface area contributed by atoms with Crippen LogP contribution in [0.4, 0.5) is 0 Å². The predicted octanol–water partition coefficient (Wildman–Crippen LogP) is 2.44. The number of nitrogens with two attached hydrogens (primary N) is 1. The van der Waals surface area contributed by atoms with Gasteiger partial charge >= 0.3 is 0 Å². The van der Waals surface area contributed by atoms with E-state index in [1.54, 1.807) is 12.1 Å². The lowest BCUT2D eigenvalue weighted by Crippen LogP contribution is -2.29. The third kappa shape index (κ3) is 3.13. The first-order valence-electron chi connectivity index (χ1n) is 6.68. The van der Waals surface area contributed by atoms with Gasteiger partial charge in [-0.15, -0.1) is 0 Å². The molecule has 1 fully saturated rings. The Morgan fingerprint density at radius 1 is 1.32 bits per heavy atom. The molecule has 3 nitrogen and oxygen atoms in total. The molecule has 1 amide bonds. The van der Waals surface area contributed by atoms with E-state index in [4.69, 9.17) is 18.0 Å². The van der Waals surface area contributed by atoms with Crippen molar-refractivity contribution in [3.05, 3.63) is 35.4 Å². The summed E-state index contributed by atoms with van der Waals surface area (Å²) in [5.41, 5.74) is 7.06. The van der Waals surface area contributed by atoms with Gasteiger partial charge in [0, 0.05) is 24.2 Å². The molecule has 4 heteroatoms. The van der Waals surface area contributed by atoms with Crippen molar-refractivity contribution < 1.29 is 4.79 Å². The van der Waals surface area contributed by atoms with Gasteiger partial charge in [0.15, 0.2) is 0 Å². The molecular formula is C15H20N2OS. The summed E-state index contributed by atoms with van der Waals surface area (Å²) in [4.78, 5) is 14.7. The molecule has 19 heavy (non-hydrogen) atoms. The van der Waals surface area contributed by atoms with E-state index < -0.39 is 0 Å². The van der Waals surface area contributed by atoms with Crippen molar-refractivity contribution in [3.8, 4) is 0 Å². The zero-order valence-electron chi connectivity index (χ0n) is 11.4. The van der Waals surface area contributed by atoms with E-state index in [2.05, 4.69) is 13.8 Å². The second-order valence-electron chi connectivity index (χ2n) is 5.49. The molecule has 0 aromatic heterocycles. The molecule has 1 saturated heterocycles. The summed E-state index contributed by atoms with van der Waals surface area (Å²) < 4.78 is 0. The van der Waals surface area contributed by atoms with Crippen molar-refractivity contribution in [2.24, 2.45) is 17.6 Å². The van der Waals surface area contributed by atoms with Crippen LogP contribution in [0.5, 0.6) is 0 Å². The van der Waals surface area contributed by atoms with Crippen LogP contribution in [0.1, 0.15) is 36.2 Å². The SMILES string of the molecule is CC(C)C1CCN(C(=O)c2ccc(C(N)=S)cc2)C1. The lowest BCUT2D eigenvalue weighted by atomic mass is 9.95. The van der Waals surface area contributed by atoms with Gasteiger partial charge in [0.1, 0.15) is 4.99 Å². The van der Waals surface area contributed by atoms with E-state index in [1.807, 2.05) is 17.0 Å². The van der Waals surface area contributed by atoms with Gasteiger partial charge < -0.3 is 10.6 Å². The molecule has 0 aliphatic carbocycles. The number of amides is 1. The van der Waals surface area contributed by atoms with Gasteiger partial charge in [-0.1, -0.05) is 38.2 Å². The molecule has 102 valence electrons. The summed E-state index contributed by atoms with van der Waals surface area (Å²) in [6.45, 7) is 6.16. The molecule has 1 aromatic carbocycles. The Balaban J connectivity index is 2.06. The lowest BCUT2D eigenvalue weighted by Gasteiger charge is -2.18. The molecule has 1 aliphatic rings. The summed E-state index contributed by atoms with van der Waals surface area (Å²) in [5.74, 6) is 1.37. The predicted molar refractivity (Wildman–Crippen MR) is 81.2 cm³/mol. The second kappa shape index (κ2) is 5.70. The average Bonchev–Trinajstić information content (AvgIpc) is 2.87. The molecule has 1 aliphatic heterocycles. The largest absolute Gasteiger partial charge is 0.389 e. The molecule has 0 bridgehead atoms. The Morgan fingerprint density at radius 2 is 1.89 bits per heavy atom. The van der Waals surface area contributed by atoms with Gasteiger partial charge in [-0.3, -0.25) is 4.79 Å². The van der Waals surface area contributed by atoms with Crippen molar-refractivity contribution >= 4 is 23.1 Å². The molecule has 2 rings (SSSR count). The summed E-state index contributed by atoms with van der Waals surface area (Å²) >= 11 is 4.90. The third-order valence-electron chi connectivity index (χ3n) is 3.87. The van der Waals surface area contributed by atoms with Gasteiger partial charge in [0.05, 0.1) is 0 Å². The van der Waals surface area contributed by atoms with Crippen molar-refractivity contribution in [3.63, 3.8) is 0 Å². The van der Waals surface area contributed by atoms with Crippen molar-refractivity contribution in [1.82, 2.24) is 4.90 Å². The highest BCUT2D eigenvalue weighted by Crippen LogP contribution is 2.24. The first-order chi connectivity index (χ1) is 8.99. The Kier molecular flexibility index (Phi) is 4.20. The Hall–Kier alpha value is -1.42. The fraction of sp³-hybridized carbons (Fsp3) is 0.467. The Bertz CT molecular complexity index is 481. The zero-order chi connectivity index (χ0) is 14.0. The van der Waals surface area contributed by atoms with Gasteiger partial charge in [-0.05, 0) is 30.4 Å². The number of hydrogen-bond acceptors (Lipinski definition) is 2. The maximum Gasteiger partial charge on any atom is 0.253 e. The van der Waals surface area contributed by atoms with Crippen LogP contribution in [-0.4, -0.2) is 28.9 Å². The summed E-state index contributed by atoms with van der Waals surface area (Å²) in [5, 5.41) is 0. The topological polar surface area (TPSA) is 46.3 Å². The monoisotopic (exact) mass is 276 g/mol. The molecule has 1 unspecified atom stereocenters. The van der Waals surface area contributed by atoms with Gasteiger partial charge in [0.2, 0.25) is 0 Å². The maximum atomic E-state index is 12.4. The summed E-state index contributed by atoms with van der Waals surface area (Å²) in [6.07, 6.45) is 1.11. The molecule has 1 atom stereocenters. The van der Waals surface area contributed by atoms with Crippen molar-refractivity contribution in [2.75, 3.05) is 13.1 Å². The molecular weight excluding hydrogens is 256 g/mol. The summed E-state index contributed by atoms with van der Waals surface area (Å²) in [7, 11) is 0. The lowest BCUT2D eigenvalue weighted by molar-refractivity contribution is 0.0784.